The third-order valence-corrected chi connectivity index (χ3v) is 5.29. The zero-order valence-electron chi connectivity index (χ0n) is 11.9. The molecule has 0 radical (unpaired) electrons. The number of thioether (sulfide) groups is 1. The zero-order chi connectivity index (χ0) is 16.2. The van der Waals surface area contributed by atoms with E-state index in [1.165, 1.54) is 23.3 Å². The van der Waals surface area contributed by atoms with Crippen molar-refractivity contribution in [3.05, 3.63) is 45.1 Å². The standard InChI is InChI=1S/C13H11Cl2N5OS2/c1-20-11(6-21-10-5-3-2-4-8(10)14)17-18-13(20)22-7-9-12(15)23-19-16-9/h2-5H,6-7H2,1H3. The quantitative estimate of drug-likeness (QED) is 0.598. The number of benzene rings is 1. The molecular weight excluding hydrogens is 377 g/mol. The van der Waals surface area contributed by atoms with Crippen LogP contribution in [-0.2, 0) is 19.4 Å². The summed E-state index contributed by atoms with van der Waals surface area (Å²) < 4.78 is 12.0. The van der Waals surface area contributed by atoms with Crippen LogP contribution in [0.25, 0.3) is 0 Å². The summed E-state index contributed by atoms with van der Waals surface area (Å²) in [4.78, 5) is 0. The molecule has 0 saturated heterocycles. The van der Waals surface area contributed by atoms with E-state index in [9.17, 15) is 0 Å². The first-order valence-corrected chi connectivity index (χ1v) is 9.01. The molecule has 23 heavy (non-hydrogen) atoms. The van der Waals surface area contributed by atoms with Gasteiger partial charge in [0.1, 0.15) is 22.4 Å². The van der Waals surface area contributed by atoms with Crippen LogP contribution in [-0.4, -0.2) is 24.4 Å². The van der Waals surface area contributed by atoms with Gasteiger partial charge in [-0.05, 0) is 12.1 Å². The lowest BCUT2D eigenvalue weighted by molar-refractivity contribution is 0.290. The van der Waals surface area contributed by atoms with Gasteiger partial charge < -0.3 is 9.30 Å². The fraction of sp³-hybridized carbons (Fsp3) is 0.231. The fourth-order valence-corrected chi connectivity index (χ4v) is 3.57. The Hall–Kier alpha value is -1.35. The first-order chi connectivity index (χ1) is 11.1. The molecule has 2 aromatic heterocycles. The number of halogens is 2. The van der Waals surface area contributed by atoms with E-state index in [0.717, 1.165) is 10.9 Å². The van der Waals surface area contributed by atoms with Gasteiger partial charge in [-0.15, -0.1) is 15.3 Å². The molecule has 0 N–H and O–H groups in total. The number of hydrogen-bond donors (Lipinski definition) is 0. The van der Waals surface area contributed by atoms with E-state index in [1.54, 1.807) is 6.07 Å². The van der Waals surface area contributed by atoms with Crippen LogP contribution in [0.4, 0.5) is 0 Å². The van der Waals surface area contributed by atoms with Crippen LogP contribution in [0.15, 0.2) is 29.4 Å². The van der Waals surface area contributed by atoms with E-state index in [2.05, 4.69) is 19.8 Å². The van der Waals surface area contributed by atoms with Crippen molar-refractivity contribution < 1.29 is 4.74 Å². The minimum absolute atomic E-state index is 0.285. The van der Waals surface area contributed by atoms with Gasteiger partial charge in [0.15, 0.2) is 11.0 Å². The minimum Gasteiger partial charge on any atom is -0.484 e. The number of rotatable bonds is 6. The van der Waals surface area contributed by atoms with Crippen LogP contribution >= 0.6 is 46.5 Å². The van der Waals surface area contributed by atoms with E-state index in [1.807, 2.05) is 29.8 Å². The highest BCUT2D eigenvalue weighted by molar-refractivity contribution is 7.98. The number of para-hydroxylation sites is 1. The van der Waals surface area contributed by atoms with Crippen LogP contribution in [0.3, 0.4) is 0 Å². The van der Waals surface area contributed by atoms with Crippen molar-refractivity contribution in [3.63, 3.8) is 0 Å². The Morgan fingerprint density at radius 1 is 1.22 bits per heavy atom. The summed E-state index contributed by atoms with van der Waals surface area (Å²) in [7, 11) is 1.88. The average molecular weight is 388 g/mol. The maximum absolute atomic E-state index is 6.06. The van der Waals surface area contributed by atoms with Gasteiger partial charge in [-0.1, -0.05) is 51.6 Å². The minimum atomic E-state index is 0.285. The second-order valence-corrected chi connectivity index (χ2v) is 7.16. The molecule has 0 aliphatic rings. The topological polar surface area (TPSA) is 65.7 Å². The monoisotopic (exact) mass is 387 g/mol. The summed E-state index contributed by atoms with van der Waals surface area (Å²) >= 11 is 14.7. The molecule has 0 saturated carbocycles. The number of hydrogen-bond acceptors (Lipinski definition) is 7. The van der Waals surface area contributed by atoms with Crippen molar-refractivity contribution in [1.29, 1.82) is 0 Å². The fourth-order valence-electron chi connectivity index (χ4n) is 1.72. The summed E-state index contributed by atoms with van der Waals surface area (Å²) in [5.74, 6) is 1.91. The molecule has 10 heteroatoms. The Kier molecular flexibility index (Phi) is 5.37. The smallest absolute Gasteiger partial charge is 0.191 e. The van der Waals surface area contributed by atoms with E-state index >= 15 is 0 Å². The summed E-state index contributed by atoms with van der Waals surface area (Å²) in [5.41, 5.74) is 0.749. The van der Waals surface area contributed by atoms with Crippen molar-refractivity contribution in [2.24, 2.45) is 7.05 Å². The average Bonchev–Trinajstić information content (AvgIpc) is 3.11. The van der Waals surface area contributed by atoms with E-state index in [-0.39, 0.29) is 6.61 Å². The van der Waals surface area contributed by atoms with E-state index in [0.29, 0.717) is 26.7 Å². The van der Waals surface area contributed by atoms with Gasteiger partial charge in [0.2, 0.25) is 0 Å². The third-order valence-electron chi connectivity index (χ3n) is 2.97. The Balaban J connectivity index is 1.63. The molecule has 0 unspecified atom stereocenters. The van der Waals surface area contributed by atoms with Crippen molar-refractivity contribution in [2.75, 3.05) is 0 Å². The van der Waals surface area contributed by atoms with Crippen LogP contribution < -0.4 is 4.74 Å². The molecule has 120 valence electrons. The van der Waals surface area contributed by atoms with Crippen LogP contribution in [0, 0.1) is 0 Å². The molecule has 0 fully saturated rings. The van der Waals surface area contributed by atoms with Crippen molar-refractivity contribution in [2.45, 2.75) is 17.5 Å². The van der Waals surface area contributed by atoms with Gasteiger partial charge >= 0.3 is 0 Å². The Morgan fingerprint density at radius 2 is 2.04 bits per heavy atom. The SMILES string of the molecule is Cn1c(COc2ccccc2Cl)nnc1SCc1nnsc1Cl. The van der Waals surface area contributed by atoms with Gasteiger partial charge in [0, 0.05) is 24.3 Å². The molecule has 0 spiro atoms. The Morgan fingerprint density at radius 3 is 2.78 bits per heavy atom. The maximum atomic E-state index is 6.06. The summed E-state index contributed by atoms with van der Waals surface area (Å²) in [6, 6.07) is 7.31. The molecule has 1 aromatic carbocycles. The molecule has 2 heterocycles. The first-order valence-electron chi connectivity index (χ1n) is 6.50. The largest absolute Gasteiger partial charge is 0.484 e. The van der Waals surface area contributed by atoms with Gasteiger partial charge in [0.05, 0.1) is 5.02 Å². The normalized spacial score (nSPS) is 10.9. The van der Waals surface area contributed by atoms with E-state index < -0.39 is 0 Å². The molecule has 0 atom stereocenters. The predicted molar refractivity (Wildman–Crippen MR) is 91.3 cm³/mol. The van der Waals surface area contributed by atoms with Crippen LogP contribution in [0.5, 0.6) is 5.75 Å². The Bertz CT molecular complexity index is 807. The van der Waals surface area contributed by atoms with Crippen molar-refractivity contribution >= 4 is 46.5 Å². The summed E-state index contributed by atoms with van der Waals surface area (Å²) in [6.45, 7) is 0.285. The van der Waals surface area contributed by atoms with Crippen LogP contribution in [0.1, 0.15) is 11.5 Å². The highest BCUT2D eigenvalue weighted by Crippen LogP contribution is 2.27. The zero-order valence-corrected chi connectivity index (χ0v) is 15.1. The van der Waals surface area contributed by atoms with Crippen molar-refractivity contribution in [3.8, 4) is 5.75 Å². The lowest BCUT2D eigenvalue weighted by Gasteiger charge is -2.07. The summed E-state index contributed by atoms with van der Waals surface area (Å²) in [5, 5.41) is 13.6. The molecule has 0 amide bonds. The second kappa shape index (κ2) is 7.48. The van der Waals surface area contributed by atoms with Crippen molar-refractivity contribution in [1.82, 2.24) is 24.4 Å². The van der Waals surface area contributed by atoms with Gasteiger partial charge in [-0.2, -0.15) is 0 Å². The van der Waals surface area contributed by atoms with E-state index in [4.69, 9.17) is 27.9 Å². The molecule has 0 aliphatic carbocycles. The lowest BCUT2D eigenvalue weighted by atomic mass is 10.3. The Labute approximate surface area is 150 Å². The molecule has 3 aromatic rings. The molecule has 3 rings (SSSR count). The molecule has 0 bridgehead atoms. The van der Waals surface area contributed by atoms with Gasteiger partial charge in [-0.25, -0.2) is 0 Å². The molecule has 0 aliphatic heterocycles. The molecule has 6 nitrogen and oxygen atoms in total. The first kappa shape index (κ1) is 16.5. The van der Waals surface area contributed by atoms with Gasteiger partial charge in [-0.3, -0.25) is 0 Å². The number of ether oxygens (including phenoxy) is 1. The lowest BCUT2D eigenvalue weighted by Crippen LogP contribution is -2.04. The predicted octanol–water partition coefficient (Wildman–Crippen LogP) is 3.84. The van der Waals surface area contributed by atoms with Crippen LogP contribution in [0.2, 0.25) is 9.36 Å². The highest BCUT2D eigenvalue weighted by atomic mass is 35.5. The maximum Gasteiger partial charge on any atom is 0.191 e. The van der Waals surface area contributed by atoms with Gasteiger partial charge in [0.25, 0.3) is 0 Å². The molecular formula is C13H11Cl2N5OS2. The summed E-state index contributed by atoms with van der Waals surface area (Å²) in [6.07, 6.45) is 0. The number of nitrogens with zero attached hydrogens (tertiary/aromatic N) is 5. The third kappa shape index (κ3) is 3.95. The number of aromatic nitrogens is 5. The highest BCUT2D eigenvalue weighted by Gasteiger charge is 2.13. The second-order valence-electron chi connectivity index (χ2n) is 4.46.